The van der Waals surface area contributed by atoms with Gasteiger partial charge in [-0.2, -0.15) is 0 Å². The van der Waals surface area contributed by atoms with Crippen LogP contribution in [0.3, 0.4) is 0 Å². The monoisotopic (exact) mass is 362 g/mol. The number of amides is 2. The molecule has 26 heavy (non-hydrogen) atoms. The van der Waals surface area contributed by atoms with Gasteiger partial charge in [0.05, 0.1) is 18.6 Å². The summed E-state index contributed by atoms with van der Waals surface area (Å²) >= 11 is 0. The van der Waals surface area contributed by atoms with E-state index in [2.05, 4.69) is 5.32 Å². The van der Waals surface area contributed by atoms with Crippen molar-refractivity contribution in [2.45, 2.75) is 39.2 Å². The fraction of sp³-hybridized carbons (Fsp3) is 0.579. The Labute approximate surface area is 153 Å². The molecule has 2 N–H and O–H groups in total. The van der Waals surface area contributed by atoms with Crippen LogP contribution in [0.5, 0.6) is 11.5 Å². The molecule has 2 aliphatic rings. The maximum atomic E-state index is 12.6. The largest absolute Gasteiger partial charge is 0.493 e. The molecule has 1 saturated heterocycles. The van der Waals surface area contributed by atoms with E-state index in [1.54, 1.807) is 30.2 Å². The summed E-state index contributed by atoms with van der Waals surface area (Å²) in [5.41, 5.74) is -0.184. The van der Waals surface area contributed by atoms with E-state index in [9.17, 15) is 14.7 Å². The third-order valence-electron chi connectivity index (χ3n) is 5.36. The minimum Gasteiger partial charge on any atom is -0.493 e. The van der Waals surface area contributed by atoms with E-state index in [0.717, 1.165) is 12.8 Å². The van der Waals surface area contributed by atoms with E-state index < -0.39 is 11.4 Å². The molecule has 0 radical (unpaired) electrons. The van der Waals surface area contributed by atoms with Crippen LogP contribution in [-0.2, 0) is 4.79 Å². The lowest BCUT2D eigenvalue weighted by Crippen LogP contribution is -2.38. The Balaban J connectivity index is 1.72. The van der Waals surface area contributed by atoms with Gasteiger partial charge in [0.15, 0.2) is 11.5 Å². The molecular weight excluding hydrogens is 336 g/mol. The molecule has 0 bridgehead atoms. The van der Waals surface area contributed by atoms with Crippen LogP contribution < -0.4 is 14.8 Å². The minimum absolute atomic E-state index is 0.0248. The number of carboxylic acids is 1. The van der Waals surface area contributed by atoms with Crippen LogP contribution in [0.4, 0.5) is 10.5 Å². The normalized spacial score (nSPS) is 24.5. The zero-order chi connectivity index (χ0) is 18.9. The van der Waals surface area contributed by atoms with Gasteiger partial charge in [-0.3, -0.25) is 4.79 Å². The summed E-state index contributed by atoms with van der Waals surface area (Å²) in [6.45, 7) is 4.59. The van der Waals surface area contributed by atoms with Crippen LogP contribution in [0.1, 0.15) is 33.1 Å². The first-order chi connectivity index (χ1) is 12.4. The average molecular weight is 362 g/mol. The van der Waals surface area contributed by atoms with Gasteiger partial charge in [-0.15, -0.1) is 0 Å². The third kappa shape index (κ3) is 3.30. The Kier molecular flexibility index (Phi) is 4.98. The molecule has 1 aromatic carbocycles. The number of likely N-dealkylation sites (tertiary alicyclic amines) is 1. The first kappa shape index (κ1) is 18.4. The van der Waals surface area contributed by atoms with Crippen LogP contribution in [-0.4, -0.2) is 48.3 Å². The number of carbonyl (C=O) groups excluding carboxylic acids is 1. The lowest BCUT2D eigenvalue weighted by molar-refractivity contribution is -0.149. The van der Waals surface area contributed by atoms with E-state index in [4.69, 9.17) is 9.47 Å². The van der Waals surface area contributed by atoms with Crippen LogP contribution >= 0.6 is 0 Å². The highest BCUT2D eigenvalue weighted by atomic mass is 16.5. The maximum Gasteiger partial charge on any atom is 0.321 e. The standard InChI is InChI=1S/C19H26N2O5/c1-12(2)26-16-9-14(6-7-15(16)25-3)20-18(24)21-10-13-5-4-8-19(13,11-21)17(22)23/h6-7,9,12-13H,4-5,8,10-11H2,1-3H3,(H,20,24)(H,22,23)/t13-,19+/m0/s1. The van der Waals surface area contributed by atoms with Gasteiger partial charge in [-0.25, -0.2) is 4.79 Å². The number of anilines is 1. The summed E-state index contributed by atoms with van der Waals surface area (Å²) in [5.74, 6) is 0.409. The van der Waals surface area contributed by atoms with E-state index in [1.165, 1.54) is 0 Å². The second kappa shape index (κ2) is 7.05. The topological polar surface area (TPSA) is 88.1 Å². The molecular formula is C19H26N2O5. The van der Waals surface area contributed by atoms with E-state index in [-0.39, 0.29) is 24.6 Å². The van der Waals surface area contributed by atoms with Gasteiger partial charge in [0.25, 0.3) is 0 Å². The van der Waals surface area contributed by atoms with E-state index >= 15 is 0 Å². The molecule has 1 saturated carbocycles. The van der Waals surface area contributed by atoms with Gasteiger partial charge in [-0.1, -0.05) is 6.42 Å². The second-order valence-corrected chi connectivity index (χ2v) is 7.39. The quantitative estimate of drug-likeness (QED) is 0.840. The van der Waals surface area contributed by atoms with Crippen LogP contribution in [0, 0.1) is 11.3 Å². The van der Waals surface area contributed by atoms with Gasteiger partial charge in [0.1, 0.15) is 0 Å². The van der Waals surface area contributed by atoms with Crippen molar-refractivity contribution in [3.8, 4) is 11.5 Å². The zero-order valence-corrected chi connectivity index (χ0v) is 15.4. The predicted octanol–water partition coefficient (Wildman–Crippen LogP) is 3.20. The molecule has 2 atom stereocenters. The predicted molar refractivity (Wildman–Crippen MR) is 96.8 cm³/mol. The highest BCUT2D eigenvalue weighted by Crippen LogP contribution is 2.49. The molecule has 3 rings (SSSR count). The molecule has 0 aromatic heterocycles. The van der Waals surface area contributed by atoms with Crippen LogP contribution in [0.25, 0.3) is 0 Å². The number of hydrogen-bond acceptors (Lipinski definition) is 4. The summed E-state index contributed by atoms with van der Waals surface area (Å²) in [5, 5.41) is 12.5. The molecule has 142 valence electrons. The second-order valence-electron chi connectivity index (χ2n) is 7.39. The lowest BCUT2D eigenvalue weighted by atomic mass is 9.81. The molecule has 2 amide bonds. The number of carboxylic acid groups (broad SMARTS) is 1. The number of benzene rings is 1. The molecule has 1 aromatic rings. The molecule has 7 nitrogen and oxygen atoms in total. The van der Waals surface area contributed by atoms with Crippen molar-refractivity contribution in [1.29, 1.82) is 0 Å². The summed E-state index contributed by atoms with van der Waals surface area (Å²) in [6.07, 6.45) is 2.40. The fourth-order valence-corrected chi connectivity index (χ4v) is 4.10. The highest BCUT2D eigenvalue weighted by molar-refractivity contribution is 5.91. The van der Waals surface area contributed by atoms with Crippen LogP contribution in [0.15, 0.2) is 18.2 Å². The number of fused-ring (bicyclic) bond motifs is 1. The zero-order valence-electron chi connectivity index (χ0n) is 15.4. The molecule has 7 heteroatoms. The molecule has 0 spiro atoms. The smallest absolute Gasteiger partial charge is 0.321 e. The lowest BCUT2D eigenvalue weighted by Gasteiger charge is -2.23. The Bertz CT molecular complexity index is 705. The average Bonchev–Trinajstić information content (AvgIpc) is 3.12. The van der Waals surface area contributed by atoms with Crippen molar-refractivity contribution in [2.24, 2.45) is 11.3 Å². The van der Waals surface area contributed by atoms with Gasteiger partial charge < -0.3 is 24.8 Å². The number of carbonyl (C=O) groups is 2. The Morgan fingerprint density at radius 2 is 2.12 bits per heavy atom. The summed E-state index contributed by atoms with van der Waals surface area (Å²) in [6, 6.07) is 4.93. The van der Waals surface area contributed by atoms with Gasteiger partial charge >= 0.3 is 12.0 Å². The Hall–Kier alpha value is -2.44. The number of hydrogen-bond donors (Lipinski definition) is 2. The molecule has 0 unspecified atom stereocenters. The maximum absolute atomic E-state index is 12.6. The molecule has 2 fully saturated rings. The molecule has 1 aliphatic carbocycles. The Morgan fingerprint density at radius 3 is 2.73 bits per heavy atom. The number of nitrogens with one attached hydrogen (secondary N) is 1. The van der Waals surface area contributed by atoms with E-state index in [1.807, 2.05) is 13.8 Å². The third-order valence-corrected chi connectivity index (χ3v) is 5.36. The van der Waals surface area contributed by atoms with Crippen molar-refractivity contribution >= 4 is 17.7 Å². The highest BCUT2D eigenvalue weighted by Gasteiger charge is 2.55. The molecule has 1 heterocycles. The number of aliphatic carboxylic acids is 1. The Morgan fingerprint density at radius 1 is 1.35 bits per heavy atom. The number of urea groups is 1. The number of rotatable bonds is 5. The number of methoxy groups -OCH3 is 1. The summed E-state index contributed by atoms with van der Waals surface area (Å²) in [7, 11) is 1.56. The summed E-state index contributed by atoms with van der Waals surface area (Å²) in [4.78, 5) is 26.0. The number of nitrogens with zero attached hydrogens (tertiary/aromatic N) is 1. The van der Waals surface area contributed by atoms with Crippen molar-refractivity contribution in [1.82, 2.24) is 4.90 Å². The van der Waals surface area contributed by atoms with Crippen LogP contribution in [0.2, 0.25) is 0 Å². The van der Waals surface area contributed by atoms with Crippen molar-refractivity contribution in [2.75, 3.05) is 25.5 Å². The first-order valence-corrected chi connectivity index (χ1v) is 9.00. The SMILES string of the molecule is COc1ccc(NC(=O)N2C[C@@H]3CCC[C@@]3(C(=O)O)C2)cc1OC(C)C. The van der Waals surface area contributed by atoms with Crippen molar-refractivity contribution in [3.05, 3.63) is 18.2 Å². The fourth-order valence-electron chi connectivity index (χ4n) is 4.10. The van der Waals surface area contributed by atoms with Gasteiger partial charge in [0, 0.05) is 24.8 Å². The number of ether oxygens (including phenoxy) is 2. The van der Waals surface area contributed by atoms with Crippen molar-refractivity contribution < 1.29 is 24.2 Å². The minimum atomic E-state index is -0.785. The summed E-state index contributed by atoms with van der Waals surface area (Å²) < 4.78 is 11.0. The van der Waals surface area contributed by atoms with E-state index in [0.29, 0.717) is 30.2 Å². The first-order valence-electron chi connectivity index (χ1n) is 9.00. The van der Waals surface area contributed by atoms with Crippen molar-refractivity contribution in [3.63, 3.8) is 0 Å². The van der Waals surface area contributed by atoms with Gasteiger partial charge in [0.2, 0.25) is 0 Å². The molecule has 1 aliphatic heterocycles. The van der Waals surface area contributed by atoms with Gasteiger partial charge in [-0.05, 0) is 44.7 Å².